The second-order valence-corrected chi connectivity index (χ2v) is 4.91. The molecule has 0 aliphatic rings. The van der Waals surface area contributed by atoms with Crippen molar-refractivity contribution in [2.45, 2.75) is 19.4 Å². The van der Waals surface area contributed by atoms with Crippen LogP contribution in [0.2, 0.25) is 0 Å². The molecule has 0 spiro atoms. The molecular weight excluding hydrogens is 297 g/mol. The van der Waals surface area contributed by atoms with E-state index in [1.54, 1.807) is 0 Å². The Morgan fingerprint density at radius 2 is 1.94 bits per heavy atom. The van der Waals surface area contributed by atoms with E-state index >= 15 is 0 Å². The lowest BCUT2D eigenvalue weighted by Gasteiger charge is -2.05. The minimum Gasteiger partial charge on any atom is -0.333 e. The van der Waals surface area contributed by atoms with Crippen molar-refractivity contribution in [3.63, 3.8) is 0 Å². The summed E-state index contributed by atoms with van der Waals surface area (Å²) < 4.78 is 15.6. The van der Waals surface area contributed by atoms with E-state index < -0.39 is 0 Å². The van der Waals surface area contributed by atoms with Gasteiger partial charge in [0, 0.05) is 7.05 Å². The summed E-state index contributed by atoms with van der Waals surface area (Å²) in [6.45, 7) is 0.422. The molecule has 18 heavy (non-hydrogen) atoms. The fourth-order valence-corrected chi connectivity index (χ4v) is 2.58. The van der Waals surface area contributed by atoms with Crippen molar-refractivity contribution in [2.24, 2.45) is 12.8 Å². The van der Waals surface area contributed by atoms with Crippen molar-refractivity contribution < 1.29 is 4.39 Å². The van der Waals surface area contributed by atoms with Crippen LogP contribution in [-0.4, -0.2) is 9.55 Å². The molecule has 2 aromatic rings. The van der Waals surface area contributed by atoms with Crippen molar-refractivity contribution in [1.82, 2.24) is 9.55 Å². The Labute approximate surface area is 114 Å². The van der Waals surface area contributed by atoms with E-state index in [-0.39, 0.29) is 5.82 Å². The molecule has 0 bridgehead atoms. The average Bonchev–Trinajstić information content (AvgIpc) is 2.64. The molecule has 1 aromatic heterocycles. The summed E-state index contributed by atoms with van der Waals surface area (Å²) in [4.78, 5) is 4.35. The van der Waals surface area contributed by atoms with Crippen LogP contribution in [0.3, 0.4) is 0 Å². The standard InChI is InChI=1S/C13H15BrFN3/c1-18-11(13(14)17-12(18)8-16)7-4-9-2-5-10(15)6-3-9/h2-3,5-6H,4,7-8,16H2,1H3. The lowest BCUT2D eigenvalue weighted by Crippen LogP contribution is -2.07. The fourth-order valence-electron chi connectivity index (χ4n) is 1.91. The first-order valence-corrected chi connectivity index (χ1v) is 6.55. The second-order valence-electron chi connectivity index (χ2n) is 4.16. The third kappa shape index (κ3) is 2.79. The molecule has 0 aliphatic carbocycles. The molecule has 96 valence electrons. The zero-order chi connectivity index (χ0) is 13.1. The van der Waals surface area contributed by atoms with Gasteiger partial charge in [-0.25, -0.2) is 9.37 Å². The Bertz CT molecular complexity index is 534. The number of hydrogen-bond donors (Lipinski definition) is 1. The average molecular weight is 312 g/mol. The number of halogens is 2. The highest BCUT2D eigenvalue weighted by Crippen LogP contribution is 2.19. The molecule has 2 N–H and O–H groups in total. The molecule has 0 amide bonds. The van der Waals surface area contributed by atoms with Crippen LogP contribution in [-0.2, 0) is 26.4 Å². The Balaban J connectivity index is 2.10. The number of aromatic nitrogens is 2. The largest absolute Gasteiger partial charge is 0.333 e. The molecular formula is C13H15BrFN3. The lowest BCUT2D eigenvalue weighted by atomic mass is 10.1. The Kier molecular flexibility index (Phi) is 4.14. The zero-order valence-electron chi connectivity index (χ0n) is 10.2. The highest BCUT2D eigenvalue weighted by atomic mass is 79.9. The number of imidazole rings is 1. The van der Waals surface area contributed by atoms with E-state index in [9.17, 15) is 4.39 Å². The first-order chi connectivity index (χ1) is 8.61. The Hall–Kier alpha value is -1.20. The molecule has 0 aliphatic heterocycles. The van der Waals surface area contributed by atoms with Gasteiger partial charge in [-0.1, -0.05) is 12.1 Å². The van der Waals surface area contributed by atoms with Crippen molar-refractivity contribution in [2.75, 3.05) is 0 Å². The minimum absolute atomic E-state index is 0.203. The van der Waals surface area contributed by atoms with Crippen molar-refractivity contribution >= 4 is 15.9 Å². The molecule has 0 fully saturated rings. The molecule has 0 radical (unpaired) electrons. The first kappa shape index (κ1) is 13.2. The SMILES string of the molecule is Cn1c(CN)nc(Br)c1CCc1ccc(F)cc1. The van der Waals surface area contributed by atoms with E-state index in [1.165, 1.54) is 12.1 Å². The fraction of sp³-hybridized carbons (Fsp3) is 0.308. The summed E-state index contributed by atoms with van der Waals surface area (Å²) in [5, 5.41) is 0. The highest BCUT2D eigenvalue weighted by molar-refractivity contribution is 9.10. The summed E-state index contributed by atoms with van der Waals surface area (Å²) in [5.74, 6) is 0.655. The van der Waals surface area contributed by atoms with Crippen LogP contribution in [0.5, 0.6) is 0 Å². The van der Waals surface area contributed by atoms with Gasteiger partial charge in [0.25, 0.3) is 0 Å². The molecule has 0 atom stereocenters. The number of nitrogens with two attached hydrogens (primary N) is 1. The second kappa shape index (κ2) is 5.63. The first-order valence-electron chi connectivity index (χ1n) is 5.76. The minimum atomic E-state index is -0.203. The molecule has 0 saturated heterocycles. The van der Waals surface area contributed by atoms with E-state index in [4.69, 9.17) is 5.73 Å². The predicted octanol–water partition coefficient (Wildman–Crippen LogP) is 2.57. The van der Waals surface area contributed by atoms with E-state index in [1.807, 2.05) is 23.7 Å². The normalized spacial score (nSPS) is 10.9. The number of rotatable bonds is 4. The summed E-state index contributed by atoms with van der Waals surface area (Å²) in [6.07, 6.45) is 1.69. The molecule has 5 heteroatoms. The zero-order valence-corrected chi connectivity index (χ0v) is 11.7. The summed E-state index contributed by atoms with van der Waals surface area (Å²) in [7, 11) is 1.96. The van der Waals surface area contributed by atoms with Crippen LogP contribution in [0.25, 0.3) is 0 Å². The third-order valence-electron chi connectivity index (χ3n) is 3.00. The molecule has 2 rings (SSSR count). The van der Waals surface area contributed by atoms with Crippen LogP contribution >= 0.6 is 15.9 Å². The highest BCUT2D eigenvalue weighted by Gasteiger charge is 2.11. The van der Waals surface area contributed by atoms with Gasteiger partial charge >= 0.3 is 0 Å². The maximum Gasteiger partial charge on any atom is 0.127 e. The van der Waals surface area contributed by atoms with E-state index in [2.05, 4.69) is 20.9 Å². The molecule has 3 nitrogen and oxygen atoms in total. The predicted molar refractivity (Wildman–Crippen MR) is 72.6 cm³/mol. The van der Waals surface area contributed by atoms with Gasteiger partial charge in [0.2, 0.25) is 0 Å². The monoisotopic (exact) mass is 311 g/mol. The van der Waals surface area contributed by atoms with E-state index in [0.29, 0.717) is 6.54 Å². The van der Waals surface area contributed by atoms with Gasteiger partial charge in [-0.3, -0.25) is 0 Å². The number of benzene rings is 1. The molecule has 1 aromatic carbocycles. The van der Waals surface area contributed by atoms with Gasteiger partial charge in [0.1, 0.15) is 16.2 Å². The summed E-state index contributed by atoms with van der Waals surface area (Å²) in [6, 6.07) is 6.59. The Morgan fingerprint density at radius 1 is 1.28 bits per heavy atom. The van der Waals surface area contributed by atoms with Gasteiger partial charge in [0.05, 0.1) is 12.2 Å². The number of hydrogen-bond acceptors (Lipinski definition) is 2. The van der Waals surface area contributed by atoms with Gasteiger partial charge in [-0.15, -0.1) is 0 Å². The van der Waals surface area contributed by atoms with Crippen molar-refractivity contribution in [1.29, 1.82) is 0 Å². The van der Waals surface area contributed by atoms with Crippen molar-refractivity contribution in [3.8, 4) is 0 Å². The van der Waals surface area contributed by atoms with E-state index in [0.717, 1.165) is 34.5 Å². The summed E-state index contributed by atoms with van der Waals surface area (Å²) in [5.41, 5.74) is 7.83. The molecule has 0 unspecified atom stereocenters. The van der Waals surface area contributed by atoms with Gasteiger partial charge < -0.3 is 10.3 Å². The quantitative estimate of drug-likeness (QED) is 0.943. The summed E-state index contributed by atoms with van der Waals surface area (Å²) >= 11 is 3.45. The maximum atomic E-state index is 12.8. The molecule has 1 heterocycles. The van der Waals surface area contributed by atoms with Gasteiger partial charge in [0.15, 0.2) is 0 Å². The van der Waals surface area contributed by atoms with Gasteiger partial charge in [-0.05, 0) is 46.5 Å². The van der Waals surface area contributed by atoms with Crippen molar-refractivity contribution in [3.05, 3.63) is 51.8 Å². The topological polar surface area (TPSA) is 43.8 Å². The third-order valence-corrected chi connectivity index (χ3v) is 3.64. The smallest absolute Gasteiger partial charge is 0.127 e. The maximum absolute atomic E-state index is 12.8. The van der Waals surface area contributed by atoms with Crippen LogP contribution in [0.15, 0.2) is 28.9 Å². The van der Waals surface area contributed by atoms with Gasteiger partial charge in [-0.2, -0.15) is 0 Å². The van der Waals surface area contributed by atoms with Crippen LogP contribution in [0.1, 0.15) is 17.1 Å². The Morgan fingerprint density at radius 3 is 2.50 bits per heavy atom. The molecule has 0 saturated carbocycles. The number of aryl methyl sites for hydroxylation is 1. The lowest BCUT2D eigenvalue weighted by molar-refractivity contribution is 0.626. The van der Waals surface area contributed by atoms with Crippen LogP contribution in [0, 0.1) is 5.82 Å². The van der Waals surface area contributed by atoms with Crippen LogP contribution in [0.4, 0.5) is 4.39 Å². The number of nitrogens with zero attached hydrogens (tertiary/aromatic N) is 2. The van der Waals surface area contributed by atoms with Crippen LogP contribution < -0.4 is 5.73 Å².